The predicted molar refractivity (Wildman–Crippen MR) is 154 cm³/mol. The molecular formula is C29H36N6O4. The number of likely N-dealkylation sites (N-methyl/N-ethyl adjacent to an activating group) is 1. The Kier molecular flexibility index (Phi) is 8.98. The molecule has 206 valence electrons. The van der Waals surface area contributed by atoms with Gasteiger partial charge in [0, 0.05) is 24.8 Å². The third-order valence-electron chi connectivity index (χ3n) is 6.78. The van der Waals surface area contributed by atoms with E-state index in [0.717, 1.165) is 36.6 Å². The first kappa shape index (κ1) is 27.8. The maximum absolute atomic E-state index is 13.6. The smallest absolute Gasteiger partial charge is 0.260 e. The van der Waals surface area contributed by atoms with Gasteiger partial charge in [0.2, 0.25) is 5.95 Å². The first-order valence-corrected chi connectivity index (χ1v) is 13.2. The van der Waals surface area contributed by atoms with Gasteiger partial charge in [-0.25, -0.2) is 0 Å². The van der Waals surface area contributed by atoms with Crippen LogP contribution in [-0.4, -0.2) is 65.1 Å². The summed E-state index contributed by atoms with van der Waals surface area (Å²) in [5.41, 5.74) is 3.59. The van der Waals surface area contributed by atoms with Crippen LogP contribution in [0.4, 0.5) is 11.6 Å². The van der Waals surface area contributed by atoms with E-state index in [1.165, 1.54) is 0 Å². The maximum atomic E-state index is 13.6. The van der Waals surface area contributed by atoms with Crippen molar-refractivity contribution >= 4 is 22.8 Å². The minimum Gasteiger partial charge on any atom is -0.497 e. The Hall–Kier alpha value is -4.18. The van der Waals surface area contributed by atoms with Crippen LogP contribution in [0.3, 0.4) is 0 Å². The first-order chi connectivity index (χ1) is 18.9. The zero-order valence-corrected chi connectivity index (χ0v) is 23.4. The van der Waals surface area contributed by atoms with Crippen molar-refractivity contribution < 1.29 is 14.2 Å². The summed E-state index contributed by atoms with van der Waals surface area (Å²) < 4.78 is 18.4. The average Bonchev–Trinajstić information content (AvgIpc) is 2.96. The van der Waals surface area contributed by atoms with Gasteiger partial charge in [0.1, 0.15) is 29.4 Å². The molecule has 0 saturated carbocycles. The molecule has 4 rings (SSSR count). The summed E-state index contributed by atoms with van der Waals surface area (Å²) in [4.78, 5) is 20.5. The van der Waals surface area contributed by atoms with Crippen LogP contribution in [0.2, 0.25) is 0 Å². The van der Waals surface area contributed by atoms with E-state index in [1.807, 2.05) is 44.2 Å². The topological polar surface area (TPSA) is 104 Å². The Balaban J connectivity index is 1.60. The van der Waals surface area contributed by atoms with Gasteiger partial charge in [-0.15, -0.1) is 10.2 Å². The zero-order valence-electron chi connectivity index (χ0n) is 23.4. The second kappa shape index (κ2) is 12.6. The van der Waals surface area contributed by atoms with Crippen molar-refractivity contribution in [3.8, 4) is 28.4 Å². The van der Waals surface area contributed by atoms with Gasteiger partial charge < -0.3 is 24.4 Å². The van der Waals surface area contributed by atoms with Gasteiger partial charge in [0.15, 0.2) is 5.65 Å². The standard InChI is InChI=1S/C29H36N6O4/c1-7-34(8-2)14-15-39-21-12-10-20(11-13-21)30-29-31-27-25(32-33-29)18-24(28(36)35(27)9-3)23-16-22(37-5)17-26(38-6)19(23)4/h10-13,16-18H,7-9,14-15H2,1-6H3,(H,30,31,33). The van der Waals surface area contributed by atoms with Gasteiger partial charge in [-0.1, -0.05) is 13.8 Å². The van der Waals surface area contributed by atoms with Crippen LogP contribution in [0.1, 0.15) is 26.3 Å². The third-order valence-corrected chi connectivity index (χ3v) is 6.78. The van der Waals surface area contributed by atoms with Crippen LogP contribution in [0.5, 0.6) is 17.2 Å². The lowest BCUT2D eigenvalue weighted by Gasteiger charge is -2.18. The molecule has 2 heterocycles. The molecule has 0 atom stereocenters. The van der Waals surface area contributed by atoms with Crippen molar-refractivity contribution in [1.82, 2.24) is 24.6 Å². The zero-order chi connectivity index (χ0) is 27.9. The van der Waals surface area contributed by atoms with Gasteiger partial charge >= 0.3 is 0 Å². The molecule has 0 saturated heterocycles. The predicted octanol–water partition coefficient (Wildman–Crippen LogP) is 4.66. The minimum absolute atomic E-state index is 0.180. The number of methoxy groups -OCH3 is 2. The van der Waals surface area contributed by atoms with Crippen LogP contribution in [0.15, 0.2) is 47.3 Å². The van der Waals surface area contributed by atoms with E-state index in [9.17, 15) is 4.79 Å². The van der Waals surface area contributed by atoms with Crippen LogP contribution in [0, 0.1) is 6.92 Å². The molecule has 0 fully saturated rings. The fraction of sp³-hybridized carbons (Fsp3) is 0.379. The highest BCUT2D eigenvalue weighted by molar-refractivity contribution is 5.81. The summed E-state index contributed by atoms with van der Waals surface area (Å²) in [7, 11) is 3.17. The van der Waals surface area contributed by atoms with E-state index in [1.54, 1.807) is 30.9 Å². The van der Waals surface area contributed by atoms with Gasteiger partial charge in [-0.2, -0.15) is 4.98 Å². The van der Waals surface area contributed by atoms with Gasteiger partial charge in [0.25, 0.3) is 5.56 Å². The van der Waals surface area contributed by atoms with E-state index < -0.39 is 0 Å². The van der Waals surface area contributed by atoms with Gasteiger partial charge in [0.05, 0.1) is 19.8 Å². The second-order valence-corrected chi connectivity index (χ2v) is 8.98. The van der Waals surface area contributed by atoms with Gasteiger partial charge in [-0.3, -0.25) is 9.36 Å². The number of aryl methyl sites for hydroxylation is 1. The highest BCUT2D eigenvalue weighted by Gasteiger charge is 2.18. The number of rotatable bonds is 12. The molecule has 10 nitrogen and oxygen atoms in total. The third kappa shape index (κ3) is 6.12. The number of fused-ring (bicyclic) bond motifs is 1. The maximum Gasteiger partial charge on any atom is 0.260 e. The lowest BCUT2D eigenvalue weighted by Crippen LogP contribution is -2.27. The van der Waals surface area contributed by atoms with E-state index in [4.69, 9.17) is 14.2 Å². The Morgan fingerprint density at radius 2 is 1.67 bits per heavy atom. The Bertz CT molecular complexity index is 1480. The Morgan fingerprint density at radius 1 is 0.923 bits per heavy atom. The molecule has 0 amide bonds. The lowest BCUT2D eigenvalue weighted by atomic mass is 10.00. The summed E-state index contributed by atoms with van der Waals surface area (Å²) in [5.74, 6) is 2.32. The summed E-state index contributed by atoms with van der Waals surface area (Å²) in [5, 5.41) is 11.8. The van der Waals surface area contributed by atoms with E-state index in [0.29, 0.717) is 52.9 Å². The Labute approximate surface area is 228 Å². The van der Waals surface area contributed by atoms with Crippen molar-refractivity contribution in [2.45, 2.75) is 34.2 Å². The molecule has 0 radical (unpaired) electrons. The fourth-order valence-corrected chi connectivity index (χ4v) is 4.47. The summed E-state index contributed by atoms with van der Waals surface area (Å²) >= 11 is 0. The van der Waals surface area contributed by atoms with Crippen LogP contribution in [-0.2, 0) is 6.54 Å². The molecule has 2 aromatic heterocycles. The molecule has 0 aliphatic rings. The summed E-state index contributed by atoms with van der Waals surface area (Å²) in [6.45, 7) is 12.0. The number of pyridine rings is 1. The molecule has 0 aliphatic heterocycles. The number of nitrogens with zero attached hydrogens (tertiary/aromatic N) is 5. The van der Waals surface area contributed by atoms with Crippen molar-refractivity contribution in [3.63, 3.8) is 0 Å². The molecule has 0 aliphatic carbocycles. The number of aromatic nitrogens is 4. The molecule has 39 heavy (non-hydrogen) atoms. The molecule has 0 spiro atoms. The van der Waals surface area contributed by atoms with Crippen molar-refractivity contribution in [1.29, 1.82) is 0 Å². The number of nitrogens with one attached hydrogen (secondary N) is 1. The van der Waals surface area contributed by atoms with E-state index >= 15 is 0 Å². The molecule has 10 heteroatoms. The molecule has 2 aromatic carbocycles. The number of hydrogen-bond donors (Lipinski definition) is 1. The SMILES string of the molecule is CCN(CC)CCOc1ccc(Nc2nnc3cc(-c4cc(OC)cc(OC)c4C)c(=O)n(CC)c3n2)cc1. The lowest BCUT2D eigenvalue weighted by molar-refractivity contribution is 0.223. The van der Waals surface area contributed by atoms with Gasteiger partial charge in [-0.05, 0) is 74.5 Å². The molecule has 4 aromatic rings. The number of hydrogen-bond acceptors (Lipinski definition) is 9. The molecule has 0 bridgehead atoms. The number of benzene rings is 2. The van der Waals surface area contributed by atoms with E-state index in [-0.39, 0.29) is 5.56 Å². The monoisotopic (exact) mass is 532 g/mol. The van der Waals surface area contributed by atoms with Crippen LogP contribution in [0.25, 0.3) is 22.3 Å². The number of ether oxygens (including phenoxy) is 3. The second-order valence-electron chi connectivity index (χ2n) is 8.98. The number of anilines is 2. The van der Waals surface area contributed by atoms with Crippen LogP contribution >= 0.6 is 0 Å². The van der Waals surface area contributed by atoms with Crippen molar-refractivity contribution in [2.75, 3.05) is 45.8 Å². The van der Waals surface area contributed by atoms with Crippen molar-refractivity contribution in [3.05, 3.63) is 58.4 Å². The molecular weight excluding hydrogens is 496 g/mol. The quantitative estimate of drug-likeness (QED) is 0.279. The van der Waals surface area contributed by atoms with Crippen molar-refractivity contribution in [2.24, 2.45) is 0 Å². The molecule has 0 unspecified atom stereocenters. The highest BCUT2D eigenvalue weighted by Crippen LogP contribution is 2.34. The fourth-order valence-electron chi connectivity index (χ4n) is 4.47. The minimum atomic E-state index is -0.180. The Morgan fingerprint density at radius 3 is 2.31 bits per heavy atom. The summed E-state index contributed by atoms with van der Waals surface area (Å²) in [6.07, 6.45) is 0. The van der Waals surface area contributed by atoms with E-state index in [2.05, 4.69) is 39.2 Å². The largest absolute Gasteiger partial charge is 0.497 e. The summed E-state index contributed by atoms with van der Waals surface area (Å²) in [6, 6.07) is 12.9. The molecule has 1 N–H and O–H groups in total. The average molecular weight is 533 g/mol. The first-order valence-electron chi connectivity index (χ1n) is 13.2. The highest BCUT2D eigenvalue weighted by atomic mass is 16.5. The van der Waals surface area contributed by atoms with Crippen LogP contribution < -0.4 is 25.1 Å². The normalized spacial score (nSPS) is 11.2.